The molecule has 3 rings (SSSR count). The lowest BCUT2D eigenvalue weighted by molar-refractivity contribution is 0.415. The second-order valence-electron chi connectivity index (χ2n) is 3.45. The van der Waals surface area contributed by atoms with Gasteiger partial charge in [-0.3, -0.25) is 0 Å². The molecule has 1 aromatic carbocycles. The van der Waals surface area contributed by atoms with E-state index in [4.69, 9.17) is 17.0 Å². The highest BCUT2D eigenvalue weighted by Crippen LogP contribution is 2.41. The Labute approximate surface area is 116 Å². The molecule has 5 heteroatoms. The van der Waals surface area contributed by atoms with E-state index in [1.54, 1.807) is 41.1 Å². The van der Waals surface area contributed by atoms with Crippen LogP contribution in [0.25, 0.3) is 19.8 Å². The number of hydrogen-bond donors (Lipinski definition) is 0. The summed E-state index contributed by atoms with van der Waals surface area (Å²) in [6.45, 7) is 0. The van der Waals surface area contributed by atoms with Gasteiger partial charge >= 0.3 is 0 Å². The Kier molecular flexibility index (Phi) is 3.00. The third-order valence-electron chi connectivity index (χ3n) is 2.48. The molecule has 0 fully saturated rings. The summed E-state index contributed by atoms with van der Waals surface area (Å²) in [6.07, 6.45) is 0. The summed E-state index contributed by atoms with van der Waals surface area (Å²) < 4.78 is 8.81. The summed E-state index contributed by atoms with van der Waals surface area (Å²) in [4.78, 5) is 0. The van der Waals surface area contributed by atoms with Crippen molar-refractivity contribution in [3.05, 3.63) is 32.8 Å². The van der Waals surface area contributed by atoms with Gasteiger partial charge in [-0.2, -0.15) is 0 Å². The molecule has 0 atom stereocenters. The van der Waals surface area contributed by atoms with E-state index >= 15 is 0 Å². The smallest absolute Gasteiger partial charge is 0.145 e. The molecule has 0 spiro atoms. The van der Waals surface area contributed by atoms with Gasteiger partial charge < -0.3 is 4.74 Å². The Balaban J connectivity index is 2.15. The zero-order valence-corrected chi connectivity index (χ0v) is 12.2. The molecular weight excluding hydrogens is 288 g/mol. The maximum atomic E-state index is 5.24. The van der Waals surface area contributed by atoms with Gasteiger partial charge in [0.25, 0.3) is 0 Å². The monoisotopic (exact) mass is 296 g/mol. The van der Waals surface area contributed by atoms with Crippen LogP contribution in [0.4, 0.5) is 0 Å². The summed E-state index contributed by atoms with van der Waals surface area (Å²) in [5, 5.41) is 2.20. The molecule has 0 aliphatic carbocycles. The summed E-state index contributed by atoms with van der Waals surface area (Å²) in [5.41, 5.74) is 2.51. The number of thiophene rings is 1. The highest BCUT2D eigenvalue weighted by Gasteiger charge is 2.09. The molecule has 0 N–H and O–H groups in total. The first kappa shape index (κ1) is 11.3. The Hall–Kier alpha value is -0.750. The van der Waals surface area contributed by atoms with Gasteiger partial charge in [-0.15, -0.1) is 34.0 Å². The van der Waals surface area contributed by atoms with E-state index in [1.807, 2.05) is 12.1 Å². The fraction of sp³-hybridized carbons (Fsp3) is 0.0833. The normalized spacial score (nSPS) is 10.9. The number of ether oxygens (including phenoxy) is 1. The van der Waals surface area contributed by atoms with Gasteiger partial charge in [-0.25, -0.2) is 0 Å². The Morgan fingerprint density at radius 2 is 1.88 bits per heavy atom. The van der Waals surface area contributed by atoms with Crippen LogP contribution in [0.2, 0.25) is 0 Å². The van der Waals surface area contributed by atoms with Crippen molar-refractivity contribution in [2.75, 3.05) is 7.11 Å². The summed E-state index contributed by atoms with van der Waals surface area (Å²) in [7, 11) is 1.68. The zero-order valence-electron chi connectivity index (χ0n) is 8.93. The molecule has 0 aliphatic heterocycles. The van der Waals surface area contributed by atoms with Gasteiger partial charge in [0.05, 0.1) is 15.8 Å². The van der Waals surface area contributed by atoms with Crippen LogP contribution < -0.4 is 4.74 Å². The molecule has 3 aromatic rings. The van der Waals surface area contributed by atoms with Crippen LogP contribution in [-0.2, 0) is 0 Å². The summed E-state index contributed by atoms with van der Waals surface area (Å²) >= 11 is 10.4. The topological polar surface area (TPSA) is 9.23 Å². The van der Waals surface area contributed by atoms with Crippen LogP contribution in [0.1, 0.15) is 0 Å². The molecule has 0 amide bonds. The molecular formula is C12H8OS4. The summed E-state index contributed by atoms with van der Waals surface area (Å²) in [5.74, 6) is 0.887. The first-order valence-electron chi connectivity index (χ1n) is 4.93. The number of benzene rings is 1. The fourth-order valence-electron chi connectivity index (χ4n) is 1.65. The molecule has 0 aliphatic rings. The molecule has 0 bridgehead atoms. The van der Waals surface area contributed by atoms with E-state index < -0.39 is 0 Å². The van der Waals surface area contributed by atoms with Gasteiger partial charge in [-0.1, -0.05) is 24.4 Å². The van der Waals surface area contributed by atoms with Gasteiger partial charge in [-0.05, 0) is 17.7 Å². The van der Waals surface area contributed by atoms with Crippen LogP contribution in [0, 0.1) is 3.14 Å². The second kappa shape index (κ2) is 4.49. The Morgan fingerprint density at radius 3 is 2.59 bits per heavy atom. The molecule has 1 nitrogen and oxygen atoms in total. The minimum absolute atomic E-state index is 0.887. The van der Waals surface area contributed by atoms with Crippen molar-refractivity contribution in [2.45, 2.75) is 0 Å². The third-order valence-corrected chi connectivity index (χ3v) is 6.40. The molecule has 0 saturated heterocycles. The van der Waals surface area contributed by atoms with Crippen LogP contribution in [0.15, 0.2) is 29.6 Å². The number of fused-ring (bicyclic) bond motifs is 1. The van der Waals surface area contributed by atoms with Crippen molar-refractivity contribution in [1.82, 2.24) is 0 Å². The van der Waals surface area contributed by atoms with E-state index in [2.05, 4.69) is 17.5 Å². The van der Waals surface area contributed by atoms with Gasteiger partial charge in [0.2, 0.25) is 0 Å². The minimum Gasteiger partial charge on any atom is -0.497 e. The maximum absolute atomic E-state index is 5.24. The number of methoxy groups -OCH3 is 1. The predicted octanol–water partition coefficient (Wildman–Crippen LogP) is 5.43. The minimum atomic E-state index is 0.887. The standard InChI is InChI=1S/C12H8OS4/c1-13-8-4-2-7(3-5-8)9-6-15-11-10(9)16-12(14)17-11/h2-6H,1H3. The molecule has 0 saturated carbocycles. The van der Waals surface area contributed by atoms with E-state index in [0.717, 1.165) is 8.89 Å². The van der Waals surface area contributed by atoms with Crippen LogP contribution in [-0.4, -0.2) is 7.11 Å². The fourth-order valence-corrected chi connectivity index (χ4v) is 5.90. The first-order chi connectivity index (χ1) is 8.28. The van der Waals surface area contributed by atoms with Gasteiger partial charge in [0, 0.05) is 10.9 Å². The van der Waals surface area contributed by atoms with E-state index in [0.29, 0.717) is 0 Å². The number of hydrogen-bond acceptors (Lipinski definition) is 5. The van der Waals surface area contributed by atoms with Crippen molar-refractivity contribution in [3.8, 4) is 16.9 Å². The molecule has 2 aromatic heterocycles. The van der Waals surface area contributed by atoms with Crippen molar-refractivity contribution >= 4 is 54.9 Å². The molecule has 0 radical (unpaired) electrons. The van der Waals surface area contributed by atoms with Crippen molar-refractivity contribution in [2.24, 2.45) is 0 Å². The van der Waals surface area contributed by atoms with Crippen molar-refractivity contribution in [1.29, 1.82) is 0 Å². The van der Waals surface area contributed by atoms with Crippen molar-refractivity contribution in [3.63, 3.8) is 0 Å². The van der Waals surface area contributed by atoms with Crippen LogP contribution in [0.5, 0.6) is 5.75 Å². The van der Waals surface area contributed by atoms with E-state index in [9.17, 15) is 0 Å². The zero-order chi connectivity index (χ0) is 11.8. The Bertz CT molecular complexity index is 702. The quantitative estimate of drug-likeness (QED) is 0.583. The van der Waals surface area contributed by atoms with Gasteiger partial charge in [0.1, 0.15) is 8.89 Å². The van der Waals surface area contributed by atoms with Gasteiger partial charge in [0.15, 0.2) is 0 Å². The second-order valence-corrected chi connectivity index (χ2v) is 7.81. The molecule has 17 heavy (non-hydrogen) atoms. The summed E-state index contributed by atoms with van der Waals surface area (Å²) in [6, 6.07) is 8.16. The van der Waals surface area contributed by atoms with E-state index in [-0.39, 0.29) is 0 Å². The largest absolute Gasteiger partial charge is 0.497 e. The van der Waals surface area contributed by atoms with Crippen molar-refractivity contribution < 1.29 is 4.74 Å². The number of rotatable bonds is 2. The molecule has 86 valence electrons. The first-order valence-corrected chi connectivity index (χ1v) is 7.85. The lowest BCUT2D eigenvalue weighted by Gasteiger charge is -2.01. The highest BCUT2D eigenvalue weighted by molar-refractivity contribution is 7.77. The Morgan fingerprint density at radius 1 is 1.12 bits per heavy atom. The molecule has 0 unspecified atom stereocenters. The lowest BCUT2D eigenvalue weighted by atomic mass is 10.1. The highest BCUT2D eigenvalue weighted by atomic mass is 32.2. The van der Waals surface area contributed by atoms with Crippen LogP contribution in [0.3, 0.4) is 0 Å². The maximum Gasteiger partial charge on any atom is 0.145 e. The predicted molar refractivity (Wildman–Crippen MR) is 80.4 cm³/mol. The SMILES string of the molecule is COc1ccc(-c2csc3sc(=S)sc23)cc1. The average Bonchev–Trinajstić information content (AvgIpc) is 2.88. The van der Waals surface area contributed by atoms with E-state index in [1.165, 1.54) is 19.8 Å². The lowest BCUT2D eigenvalue weighted by Crippen LogP contribution is -1.81. The third kappa shape index (κ3) is 2.04. The molecule has 2 heterocycles. The average molecular weight is 296 g/mol. The van der Waals surface area contributed by atoms with Crippen LogP contribution >= 0.6 is 46.2 Å².